The molecule has 0 saturated heterocycles. The van der Waals surface area contributed by atoms with Gasteiger partial charge in [0.1, 0.15) is 5.82 Å². The molecule has 1 aliphatic rings. The van der Waals surface area contributed by atoms with E-state index in [1.807, 2.05) is 26.2 Å². The van der Waals surface area contributed by atoms with E-state index in [2.05, 4.69) is 14.8 Å². The van der Waals surface area contributed by atoms with E-state index < -0.39 is 0 Å². The van der Waals surface area contributed by atoms with E-state index in [1.54, 1.807) is 0 Å². The molecule has 0 atom stereocenters. The Morgan fingerprint density at radius 1 is 1.30 bits per heavy atom. The number of benzene rings is 1. The molecule has 110 valence electrons. The molecule has 0 unspecified atom stereocenters. The molecule has 2 rings (SSSR count). The number of halogens is 1. The van der Waals surface area contributed by atoms with Gasteiger partial charge < -0.3 is 15.5 Å². The number of rotatable bonds is 6. The topological polar surface area (TPSA) is 44.9 Å². The molecule has 0 bridgehead atoms. The number of nitrogens with two attached hydrogens (primary N) is 1. The lowest BCUT2D eigenvalue weighted by Crippen LogP contribution is -2.36. The predicted octanol–water partition coefficient (Wildman–Crippen LogP) is 1.67. The van der Waals surface area contributed by atoms with Gasteiger partial charge in [0.05, 0.1) is 6.54 Å². The molecule has 1 aliphatic carbocycles. The van der Waals surface area contributed by atoms with Crippen LogP contribution in [-0.4, -0.2) is 49.0 Å². The molecule has 4 nitrogen and oxygen atoms in total. The highest BCUT2D eigenvalue weighted by Gasteiger charge is 2.27. The summed E-state index contributed by atoms with van der Waals surface area (Å²) in [4.78, 5) is 8.61. The lowest BCUT2D eigenvalue weighted by atomic mass is 10.2. The first-order valence-electron chi connectivity index (χ1n) is 7.02. The Morgan fingerprint density at radius 3 is 2.55 bits per heavy atom. The van der Waals surface area contributed by atoms with Gasteiger partial charge in [-0.05, 0) is 37.6 Å². The van der Waals surface area contributed by atoms with Crippen molar-refractivity contribution in [3.8, 4) is 0 Å². The number of likely N-dealkylation sites (N-methyl/N-ethyl adjacent to an activating group) is 1. The SMILES string of the molecule is CN(CCN=C(N)N(C)C1CC1)Cc1ccc(F)cc1. The third-order valence-electron chi connectivity index (χ3n) is 3.58. The van der Waals surface area contributed by atoms with Crippen LogP contribution in [0.15, 0.2) is 29.3 Å². The molecule has 0 spiro atoms. The van der Waals surface area contributed by atoms with Gasteiger partial charge >= 0.3 is 0 Å². The molecule has 1 saturated carbocycles. The van der Waals surface area contributed by atoms with Crippen molar-refractivity contribution in [1.82, 2.24) is 9.80 Å². The van der Waals surface area contributed by atoms with Crippen LogP contribution in [0.2, 0.25) is 0 Å². The summed E-state index contributed by atoms with van der Waals surface area (Å²) < 4.78 is 12.8. The third kappa shape index (κ3) is 4.49. The standard InChI is InChI=1S/C15H23FN4/c1-19(11-12-3-5-13(16)6-4-12)10-9-18-15(17)20(2)14-7-8-14/h3-6,14H,7-11H2,1-2H3,(H2,17,18). The Bertz CT molecular complexity index is 453. The fourth-order valence-corrected chi connectivity index (χ4v) is 2.08. The van der Waals surface area contributed by atoms with E-state index in [0.29, 0.717) is 18.5 Å². The summed E-state index contributed by atoms with van der Waals surface area (Å²) in [6.07, 6.45) is 2.44. The second kappa shape index (κ2) is 6.70. The van der Waals surface area contributed by atoms with E-state index >= 15 is 0 Å². The number of hydrogen-bond donors (Lipinski definition) is 1. The summed E-state index contributed by atoms with van der Waals surface area (Å²) in [5.41, 5.74) is 7.03. The maximum Gasteiger partial charge on any atom is 0.191 e. The lowest BCUT2D eigenvalue weighted by Gasteiger charge is -2.18. The van der Waals surface area contributed by atoms with Crippen molar-refractivity contribution in [1.29, 1.82) is 0 Å². The quantitative estimate of drug-likeness (QED) is 0.636. The van der Waals surface area contributed by atoms with Gasteiger partial charge in [-0.2, -0.15) is 0 Å². The maximum absolute atomic E-state index is 12.8. The van der Waals surface area contributed by atoms with Crippen LogP contribution in [0.4, 0.5) is 4.39 Å². The fraction of sp³-hybridized carbons (Fsp3) is 0.533. The Morgan fingerprint density at radius 2 is 1.95 bits per heavy atom. The molecule has 0 aromatic heterocycles. The summed E-state index contributed by atoms with van der Waals surface area (Å²) in [5.74, 6) is 0.430. The van der Waals surface area contributed by atoms with Crippen LogP contribution in [0.3, 0.4) is 0 Å². The number of nitrogens with zero attached hydrogens (tertiary/aromatic N) is 3. The van der Waals surface area contributed by atoms with Crippen molar-refractivity contribution in [2.24, 2.45) is 10.7 Å². The Kier molecular flexibility index (Phi) is 4.95. The molecule has 20 heavy (non-hydrogen) atoms. The second-order valence-corrected chi connectivity index (χ2v) is 5.45. The van der Waals surface area contributed by atoms with Gasteiger partial charge in [-0.15, -0.1) is 0 Å². The van der Waals surface area contributed by atoms with Crippen LogP contribution in [0.1, 0.15) is 18.4 Å². The largest absolute Gasteiger partial charge is 0.370 e. The van der Waals surface area contributed by atoms with Crippen LogP contribution in [0.25, 0.3) is 0 Å². The minimum absolute atomic E-state index is 0.197. The van der Waals surface area contributed by atoms with E-state index in [-0.39, 0.29) is 5.82 Å². The molecule has 5 heteroatoms. The summed E-state index contributed by atoms with van der Waals surface area (Å²) in [7, 11) is 4.03. The van der Waals surface area contributed by atoms with Crippen LogP contribution in [0.5, 0.6) is 0 Å². The van der Waals surface area contributed by atoms with Gasteiger partial charge in [-0.1, -0.05) is 12.1 Å². The smallest absolute Gasteiger partial charge is 0.191 e. The first-order valence-corrected chi connectivity index (χ1v) is 7.02. The molecule has 0 amide bonds. The zero-order valence-electron chi connectivity index (χ0n) is 12.2. The van der Waals surface area contributed by atoms with Gasteiger partial charge in [0, 0.05) is 26.2 Å². The van der Waals surface area contributed by atoms with Gasteiger partial charge in [0.25, 0.3) is 0 Å². The molecule has 1 aromatic carbocycles. The maximum atomic E-state index is 12.8. The highest BCUT2D eigenvalue weighted by atomic mass is 19.1. The molecule has 1 aromatic rings. The summed E-state index contributed by atoms with van der Waals surface area (Å²) in [5, 5.41) is 0. The summed E-state index contributed by atoms with van der Waals surface area (Å²) >= 11 is 0. The normalized spacial score (nSPS) is 15.7. The molecule has 0 heterocycles. The average Bonchev–Trinajstić information content (AvgIpc) is 3.25. The van der Waals surface area contributed by atoms with E-state index in [0.717, 1.165) is 18.7 Å². The lowest BCUT2D eigenvalue weighted by molar-refractivity contribution is 0.335. The summed E-state index contributed by atoms with van der Waals surface area (Å²) in [6.45, 7) is 2.30. The van der Waals surface area contributed by atoms with E-state index in [9.17, 15) is 4.39 Å². The van der Waals surface area contributed by atoms with Crippen molar-refractivity contribution in [2.75, 3.05) is 27.2 Å². The minimum atomic E-state index is -0.197. The molecular weight excluding hydrogens is 255 g/mol. The van der Waals surface area contributed by atoms with Crippen LogP contribution < -0.4 is 5.73 Å². The number of hydrogen-bond acceptors (Lipinski definition) is 2. The van der Waals surface area contributed by atoms with Gasteiger partial charge in [-0.25, -0.2) is 4.39 Å². The van der Waals surface area contributed by atoms with Crippen LogP contribution >= 0.6 is 0 Å². The average molecular weight is 278 g/mol. The van der Waals surface area contributed by atoms with Crippen molar-refractivity contribution in [3.05, 3.63) is 35.6 Å². The molecular formula is C15H23FN4. The Labute approximate surface area is 120 Å². The molecule has 2 N–H and O–H groups in total. The zero-order chi connectivity index (χ0) is 14.5. The van der Waals surface area contributed by atoms with Crippen molar-refractivity contribution < 1.29 is 4.39 Å². The van der Waals surface area contributed by atoms with E-state index in [1.165, 1.54) is 25.0 Å². The minimum Gasteiger partial charge on any atom is -0.370 e. The highest BCUT2D eigenvalue weighted by molar-refractivity contribution is 5.78. The van der Waals surface area contributed by atoms with Gasteiger partial charge in [0.2, 0.25) is 0 Å². The molecule has 1 fully saturated rings. The van der Waals surface area contributed by atoms with Crippen LogP contribution in [0, 0.1) is 5.82 Å². The zero-order valence-corrected chi connectivity index (χ0v) is 12.2. The van der Waals surface area contributed by atoms with Crippen molar-refractivity contribution in [3.63, 3.8) is 0 Å². The first kappa shape index (κ1) is 14.8. The predicted molar refractivity (Wildman–Crippen MR) is 80.0 cm³/mol. The van der Waals surface area contributed by atoms with E-state index in [4.69, 9.17) is 5.73 Å². The molecule has 0 aliphatic heterocycles. The van der Waals surface area contributed by atoms with Crippen LogP contribution in [-0.2, 0) is 6.54 Å². The van der Waals surface area contributed by atoms with Gasteiger partial charge in [-0.3, -0.25) is 4.99 Å². The fourth-order valence-electron chi connectivity index (χ4n) is 2.08. The monoisotopic (exact) mass is 278 g/mol. The highest BCUT2D eigenvalue weighted by Crippen LogP contribution is 2.24. The Hall–Kier alpha value is -1.62. The third-order valence-corrected chi connectivity index (χ3v) is 3.58. The number of aliphatic imine (C=N–C) groups is 1. The van der Waals surface area contributed by atoms with Gasteiger partial charge in [0.15, 0.2) is 5.96 Å². The summed E-state index contributed by atoms with van der Waals surface area (Å²) in [6, 6.07) is 7.19. The van der Waals surface area contributed by atoms with Crippen molar-refractivity contribution in [2.45, 2.75) is 25.4 Å². The molecule has 0 radical (unpaired) electrons. The second-order valence-electron chi connectivity index (χ2n) is 5.45. The number of guanidine groups is 1. The van der Waals surface area contributed by atoms with Crippen molar-refractivity contribution >= 4 is 5.96 Å². The first-order chi connectivity index (χ1) is 9.56. The Balaban J connectivity index is 1.73.